The average Bonchev–Trinajstić information content (AvgIpc) is 3.01. The molecule has 3 aromatic rings. The number of benzene rings is 2. The number of nitrogens with zero attached hydrogens (tertiary/aromatic N) is 1. The number of ketones is 1. The quantitative estimate of drug-likeness (QED) is 0.511. The first-order valence-corrected chi connectivity index (χ1v) is 10.3. The van der Waals surface area contributed by atoms with E-state index in [4.69, 9.17) is 4.74 Å². The van der Waals surface area contributed by atoms with Crippen LogP contribution in [0.15, 0.2) is 46.9 Å². The lowest BCUT2D eigenvalue weighted by Crippen LogP contribution is -2.21. The largest absolute Gasteiger partial charge is 0.465 e. The fraction of sp³-hybridized carbons (Fsp3) is 0.304. The van der Waals surface area contributed by atoms with E-state index in [0.717, 1.165) is 39.5 Å². The van der Waals surface area contributed by atoms with E-state index in [-0.39, 0.29) is 5.78 Å². The van der Waals surface area contributed by atoms with E-state index in [1.807, 2.05) is 24.3 Å². The normalized spacial score (nSPS) is 16.2. The standard InChI is InChI=1S/C23H22BrNO3/c1-3-14-11-19-22(20(26)12-14)21-17(23(27)28-2)8-5-9-18(21)25(19)13-15-6-4-7-16(24)10-15/h4-10,14H,3,11-13H2,1-2H3. The molecule has 0 bridgehead atoms. The van der Waals surface area contributed by atoms with Crippen LogP contribution in [0.3, 0.4) is 0 Å². The van der Waals surface area contributed by atoms with Gasteiger partial charge in [-0.05, 0) is 42.2 Å². The smallest absolute Gasteiger partial charge is 0.338 e. The lowest BCUT2D eigenvalue weighted by Gasteiger charge is -2.22. The van der Waals surface area contributed by atoms with Crippen LogP contribution in [0.25, 0.3) is 10.9 Å². The number of rotatable bonds is 4. The van der Waals surface area contributed by atoms with E-state index < -0.39 is 5.97 Å². The Labute approximate surface area is 172 Å². The first kappa shape index (κ1) is 18.9. The van der Waals surface area contributed by atoms with Gasteiger partial charge in [0, 0.05) is 34.1 Å². The summed E-state index contributed by atoms with van der Waals surface area (Å²) in [5, 5.41) is 0.735. The van der Waals surface area contributed by atoms with Crippen molar-refractivity contribution in [3.63, 3.8) is 0 Å². The molecule has 0 aliphatic heterocycles. The highest BCUT2D eigenvalue weighted by Gasteiger charge is 2.32. The maximum absolute atomic E-state index is 13.1. The number of hydrogen-bond donors (Lipinski definition) is 0. The molecular weight excluding hydrogens is 418 g/mol. The maximum Gasteiger partial charge on any atom is 0.338 e. The van der Waals surface area contributed by atoms with Gasteiger partial charge in [-0.3, -0.25) is 4.79 Å². The summed E-state index contributed by atoms with van der Waals surface area (Å²) >= 11 is 3.54. The molecule has 1 atom stereocenters. The number of ether oxygens (including phenoxy) is 1. The molecule has 0 N–H and O–H groups in total. The Morgan fingerprint density at radius 3 is 2.71 bits per heavy atom. The number of Topliss-reactive ketones (excluding diaryl/α,β-unsaturated/α-hetero) is 1. The van der Waals surface area contributed by atoms with Gasteiger partial charge >= 0.3 is 5.97 Å². The summed E-state index contributed by atoms with van der Waals surface area (Å²) in [5.41, 5.74) is 4.26. The van der Waals surface area contributed by atoms with Gasteiger partial charge in [0.25, 0.3) is 0 Å². The van der Waals surface area contributed by atoms with Crippen LogP contribution in [0, 0.1) is 5.92 Å². The number of hydrogen-bond acceptors (Lipinski definition) is 3. The van der Waals surface area contributed by atoms with Gasteiger partial charge in [0.2, 0.25) is 0 Å². The van der Waals surface area contributed by atoms with Crippen molar-refractivity contribution in [3.8, 4) is 0 Å². The van der Waals surface area contributed by atoms with Gasteiger partial charge in [0.15, 0.2) is 5.78 Å². The summed E-state index contributed by atoms with van der Waals surface area (Å²) in [4.78, 5) is 25.5. The van der Waals surface area contributed by atoms with Crippen molar-refractivity contribution in [1.29, 1.82) is 0 Å². The molecule has 1 aliphatic carbocycles. The van der Waals surface area contributed by atoms with E-state index in [9.17, 15) is 9.59 Å². The van der Waals surface area contributed by atoms with Gasteiger partial charge in [0.05, 0.1) is 18.2 Å². The molecule has 0 fully saturated rings. The Kier molecular flexibility index (Phi) is 5.11. The monoisotopic (exact) mass is 439 g/mol. The van der Waals surface area contributed by atoms with Crippen LogP contribution in [0.2, 0.25) is 0 Å². The lowest BCUT2D eigenvalue weighted by molar-refractivity contribution is 0.0603. The van der Waals surface area contributed by atoms with Crippen LogP contribution in [0.4, 0.5) is 0 Å². The number of halogens is 1. The van der Waals surface area contributed by atoms with Crippen LogP contribution >= 0.6 is 15.9 Å². The number of esters is 1. The molecule has 0 spiro atoms. The summed E-state index contributed by atoms with van der Waals surface area (Å²) in [6.07, 6.45) is 2.35. The molecule has 0 saturated carbocycles. The summed E-state index contributed by atoms with van der Waals surface area (Å²) < 4.78 is 8.22. The molecule has 144 valence electrons. The van der Waals surface area contributed by atoms with Gasteiger partial charge in [-0.2, -0.15) is 0 Å². The van der Waals surface area contributed by atoms with Gasteiger partial charge in [-0.15, -0.1) is 0 Å². The van der Waals surface area contributed by atoms with Crippen molar-refractivity contribution in [2.45, 2.75) is 32.7 Å². The van der Waals surface area contributed by atoms with Crippen LogP contribution in [-0.4, -0.2) is 23.4 Å². The Morgan fingerprint density at radius 2 is 2.00 bits per heavy atom. The van der Waals surface area contributed by atoms with Crippen molar-refractivity contribution >= 4 is 38.6 Å². The second-order valence-electron chi connectivity index (χ2n) is 7.33. The predicted octanol–water partition coefficient (Wildman–Crippen LogP) is 5.39. The lowest BCUT2D eigenvalue weighted by atomic mass is 9.84. The molecule has 4 rings (SSSR count). The zero-order valence-electron chi connectivity index (χ0n) is 16.0. The highest BCUT2D eigenvalue weighted by atomic mass is 79.9. The second-order valence-corrected chi connectivity index (χ2v) is 8.25. The van der Waals surface area contributed by atoms with Crippen LogP contribution in [-0.2, 0) is 17.7 Å². The molecule has 1 aromatic heterocycles. The van der Waals surface area contributed by atoms with Crippen molar-refractivity contribution in [2.75, 3.05) is 7.11 Å². The van der Waals surface area contributed by atoms with Crippen molar-refractivity contribution < 1.29 is 14.3 Å². The van der Waals surface area contributed by atoms with Crippen molar-refractivity contribution in [2.24, 2.45) is 5.92 Å². The minimum atomic E-state index is -0.404. The molecule has 0 radical (unpaired) electrons. The third-order valence-corrected chi connectivity index (χ3v) is 6.14. The summed E-state index contributed by atoms with van der Waals surface area (Å²) in [5.74, 6) is 0.0630. The number of carbonyl (C=O) groups excluding carboxylic acids is 2. The fourth-order valence-electron chi connectivity index (χ4n) is 4.24. The minimum absolute atomic E-state index is 0.127. The first-order valence-electron chi connectivity index (χ1n) is 9.53. The summed E-state index contributed by atoms with van der Waals surface area (Å²) in [6, 6.07) is 13.8. The molecule has 1 aliphatic rings. The number of carbonyl (C=O) groups is 2. The Hall–Kier alpha value is -2.40. The zero-order valence-corrected chi connectivity index (χ0v) is 17.6. The van der Waals surface area contributed by atoms with Crippen molar-refractivity contribution in [3.05, 3.63) is 69.3 Å². The third kappa shape index (κ3) is 3.18. The zero-order chi connectivity index (χ0) is 19.8. The third-order valence-electron chi connectivity index (χ3n) is 5.64. The molecule has 1 unspecified atom stereocenters. The van der Waals surface area contributed by atoms with Crippen LogP contribution in [0.5, 0.6) is 0 Å². The fourth-order valence-corrected chi connectivity index (χ4v) is 4.69. The van der Waals surface area contributed by atoms with Gasteiger partial charge in [0.1, 0.15) is 0 Å². The van der Waals surface area contributed by atoms with Crippen LogP contribution in [0.1, 0.15) is 51.7 Å². The molecule has 5 heteroatoms. The highest BCUT2D eigenvalue weighted by molar-refractivity contribution is 9.10. The van der Waals surface area contributed by atoms with Gasteiger partial charge in [-0.1, -0.05) is 47.5 Å². The summed E-state index contributed by atoms with van der Waals surface area (Å²) in [6.45, 7) is 2.78. The van der Waals surface area contributed by atoms with Crippen molar-refractivity contribution in [1.82, 2.24) is 4.57 Å². The number of fused-ring (bicyclic) bond motifs is 3. The number of aromatic nitrogens is 1. The highest BCUT2D eigenvalue weighted by Crippen LogP contribution is 2.37. The van der Waals surface area contributed by atoms with E-state index in [0.29, 0.717) is 30.0 Å². The topological polar surface area (TPSA) is 48.3 Å². The first-order chi connectivity index (χ1) is 13.5. The maximum atomic E-state index is 13.1. The van der Waals surface area contributed by atoms with E-state index in [1.165, 1.54) is 7.11 Å². The molecule has 2 aromatic carbocycles. The molecule has 0 saturated heterocycles. The molecule has 1 heterocycles. The second kappa shape index (κ2) is 7.55. The van der Waals surface area contributed by atoms with E-state index in [1.54, 1.807) is 6.07 Å². The summed E-state index contributed by atoms with van der Waals surface area (Å²) in [7, 11) is 1.38. The van der Waals surface area contributed by atoms with E-state index >= 15 is 0 Å². The minimum Gasteiger partial charge on any atom is -0.465 e. The molecule has 28 heavy (non-hydrogen) atoms. The van der Waals surface area contributed by atoms with Gasteiger partial charge < -0.3 is 9.30 Å². The Bertz CT molecular complexity index is 1080. The molecule has 0 amide bonds. The van der Waals surface area contributed by atoms with Gasteiger partial charge in [-0.25, -0.2) is 4.79 Å². The molecular formula is C23H22BrNO3. The number of methoxy groups -OCH3 is 1. The van der Waals surface area contributed by atoms with Crippen LogP contribution < -0.4 is 0 Å². The Morgan fingerprint density at radius 1 is 1.21 bits per heavy atom. The SMILES string of the molecule is CCC1CC(=O)c2c(n(Cc3cccc(Br)c3)c3cccc(C(=O)OC)c23)C1. The Balaban J connectivity index is 1.98. The molecule has 4 nitrogen and oxygen atoms in total. The predicted molar refractivity (Wildman–Crippen MR) is 113 cm³/mol. The van der Waals surface area contributed by atoms with E-state index in [2.05, 4.69) is 39.6 Å². The average molecular weight is 440 g/mol.